The molecule has 142 valence electrons. The summed E-state index contributed by atoms with van der Waals surface area (Å²) in [7, 11) is 3.52. The molecule has 26 heavy (non-hydrogen) atoms. The number of amides is 2. The molecule has 0 aromatic carbocycles. The van der Waals surface area contributed by atoms with Gasteiger partial charge in [0.05, 0.1) is 18.2 Å². The first-order valence-corrected chi connectivity index (χ1v) is 8.90. The van der Waals surface area contributed by atoms with Crippen molar-refractivity contribution in [2.75, 3.05) is 26.8 Å². The van der Waals surface area contributed by atoms with Crippen molar-refractivity contribution in [3.05, 3.63) is 29.2 Å². The zero-order valence-corrected chi connectivity index (χ0v) is 15.6. The van der Waals surface area contributed by atoms with Crippen LogP contribution in [-0.4, -0.2) is 57.7 Å². The molecule has 1 aliphatic heterocycles. The van der Waals surface area contributed by atoms with Gasteiger partial charge in [-0.2, -0.15) is 10.1 Å². The molecular weight excluding hydrogens is 336 g/mol. The van der Waals surface area contributed by atoms with Crippen molar-refractivity contribution in [3.63, 3.8) is 0 Å². The topological polar surface area (TPSA) is 98.3 Å². The highest BCUT2D eigenvalue weighted by atomic mass is 16.5. The molecule has 2 aromatic heterocycles. The van der Waals surface area contributed by atoms with Crippen LogP contribution in [0.2, 0.25) is 0 Å². The van der Waals surface area contributed by atoms with E-state index in [1.165, 1.54) is 0 Å². The number of carbonyl (C=O) groups excluding carboxylic acids is 1. The summed E-state index contributed by atoms with van der Waals surface area (Å²) in [5.41, 5.74) is 1.95. The maximum atomic E-state index is 12.5. The van der Waals surface area contributed by atoms with Crippen LogP contribution in [0.5, 0.6) is 0 Å². The quantitative estimate of drug-likeness (QED) is 0.834. The molecule has 0 bridgehead atoms. The maximum absolute atomic E-state index is 12.5. The van der Waals surface area contributed by atoms with Crippen molar-refractivity contribution in [2.24, 2.45) is 7.05 Å². The van der Waals surface area contributed by atoms with E-state index in [0.717, 1.165) is 30.6 Å². The smallest absolute Gasteiger partial charge is 0.317 e. The summed E-state index contributed by atoms with van der Waals surface area (Å²) in [5.74, 6) is 1.34. The molecule has 1 atom stereocenters. The van der Waals surface area contributed by atoms with Crippen LogP contribution in [0.1, 0.15) is 41.7 Å². The fourth-order valence-electron chi connectivity index (χ4n) is 3.20. The number of aromatic nitrogens is 4. The second kappa shape index (κ2) is 8.31. The minimum atomic E-state index is -0.0722. The van der Waals surface area contributed by atoms with E-state index >= 15 is 0 Å². The molecule has 0 saturated carbocycles. The second-order valence-electron chi connectivity index (χ2n) is 6.65. The molecule has 0 unspecified atom stereocenters. The molecular formula is C17H26N6O3. The number of nitrogens with zero attached hydrogens (tertiary/aromatic N) is 5. The fraction of sp³-hybridized carbons (Fsp3) is 0.647. The Bertz CT molecular complexity index is 741. The Morgan fingerprint density at radius 3 is 3.08 bits per heavy atom. The number of methoxy groups -OCH3 is 1. The minimum absolute atomic E-state index is 0.0722. The summed E-state index contributed by atoms with van der Waals surface area (Å²) in [4.78, 5) is 18.8. The van der Waals surface area contributed by atoms with Gasteiger partial charge in [0.15, 0.2) is 5.82 Å². The number of aryl methyl sites for hydroxylation is 2. The molecule has 1 fully saturated rings. The lowest BCUT2D eigenvalue weighted by molar-refractivity contribution is 0.171. The van der Waals surface area contributed by atoms with Crippen LogP contribution in [0.3, 0.4) is 0 Å². The van der Waals surface area contributed by atoms with Crippen molar-refractivity contribution in [3.8, 4) is 0 Å². The highest BCUT2D eigenvalue weighted by molar-refractivity contribution is 5.74. The van der Waals surface area contributed by atoms with Crippen molar-refractivity contribution in [1.29, 1.82) is 0 Å². The molecule has 1 aliphatic rings. The van der Waals surface area contributed by atoms with Crippen LogP contribution in [0.4, 0.5) is 4.79 Å². The Kier molecular flexibility index (Phi) is 5.87. The third-order valence-corrected chi connectivity index (χ3v) is 4.62. The van der Waals surface area contributed by atoms with Crippen molar-refractivity contribution in [1.82, 2.24) is 30.1 Å². The zero-order chi connectivity index (χ0) is 18.5. The van der Waals surface area contributed by atoms with Crippen molar-refractivity contribution in [2.45, 2.75) is 38.6 Å². The monoisotopic (exact) mass is 362 g/mol. The molecule has 1 N–H and O–H groups in total. The van der Waals surface area contributed by atoms with Crippen LogP contribution < -0.4 is 5.32 Å². The van der Waals surface area contributed by atoms with Crippen LogP contribution >= 0.6 is 0 Å². The van der Waals surface area contributed by atoms with Gasteiger partial charge in [-0.25, -0.2) is 4.79 Å². The van der Waals surface area contributed by atoms with E-state index in [4.69, 9.17) is 9.26 Å². The highest BCUT2D eigenvalue weighted by Gasteiger charge is 2.28. The molecule has 2 amide bonds. The molecule has 1 saturated heterocycles. The van der Waals surface area contributed by atoms with Crippen LogP contribution in [0.15, 0.2) is 10.7 Å². The van der Waals surface area contributed by atoms with Crippen LogP contribution in [-0.2, 0) is 24.8 Å². The number of nitrogens with one attached hydrogen (secondary N) is 1. The van der Waals surface area contributed by atoms with Crippen molar-refractivity contribution < 1.29 is 14.1 Å². The van der Waals surface area contributed by atoms with Gasteiger partial charge in [-0.1, -0.05) is 5.16 Å². The average molecular weight is 362 g/mol. The van der Waals surface area contributed by atoms with E-state index in [9.17, 15) is 4.79 Å². The lowest BCUT2D eigenvalue weighted by Crippen LogP contribution is -2.44. The summed E-state index contributed by atoms with van der Waals surface area (Å²) < 4.78 is 12.2. The number of carbonyl (C=O) groups is 1. The van der Waals surface area contributed by atoms with Gasteiger partial charge >= 0.3 is 6.03 Å². The molecule has 3 heterocycles. The summed E-state index contributed by atoms with van der Waals surface area (Å²) in [5, 5.41) is 11.3. The van der Waals surface area contributed by atoms with E-state index in [2.05, 4.69) is 20.6 Å². The van der Waals surface area contributed by atoms with E-state index in [-0.39, 0.29) is 11.9 Å². The third-order valence-electron chi connectivity index (χ3n) is 4.62. The van der Waals surface area contributed by atoms with E-state index in [1.807, 2.05) is 25.1 Å². The van der Waals surface area contributed by atoms with Gasteiger partial charge in [0.25, 0.3) is 0 Å². The van der Waals surface area contributed by atoms with E-state index < -0.39 is 0 Å². The number of piperidine rings is 1. The Morgan fingerprint density at radius 2 is 2.35 bits per heavy atom. The number of ether oxygens (including phenoxy) is 1. The molecule has 0 radical (unpaired) electrons. The SMILES string of the molecule is COCCc1noc([C@H]2CCCN(C(=O)NCc3cn(C)nc3C)C2)n1. The predicted molar refractivity (Wildman–Crippen MR) is 93.6 cm³/mol. The fourth-order valence-corrected chi connectivity index (χ4v) is 3.20. The standard InChI is InChI=1S/C17H26N6O3/c1-12-14(10-22(2)20-12)9-18-17(24)23-7-4-5-13(11-23)16-19-15(21-26-16)6-8-25-3/h10,13H,4-9,11H2,1-3H3,(H,18,24)/t13-/m0/s1. The Labute approximate surface area is 152 Å². The molecule has 0 spiro atoms. The van der Waals surface area contributed by atoms with Gasteiger partial charge < -0.3 is 19.5 Å². The van der Waals surface area contributed by atoms with Crippen LogP contribution in [0, 0.1) is 6.92 Å². The highest BCUT2D eigenvalue weighted by Crippen LogP contribution is 2.25. The van der Waals surface area contributed by atoms with Gasteiger partial charge in [0, 0.05) is 52.0 Å². The number of rotatable bonds is 6. The first kappa shape index (κ1) is 18.4. The van der Waals surface area contributed by atoms with Gasteiger partial charge in [-0.3, -0.25) is 4.68 Å². The molecule has 2 aromatic rings. The Hall–Kier alpha value is -2.42. The summed E-state index contributed by atoms with van der Waals surface area (Å²) in [6.45, 7) is 4.30. The minimum Gasteiger partial charge on any atom is -0.384 e. The average Bonchev–Trinajstić information content (AvgIpc) is 3.24. The molecule has 0 aliphatic carbocycles. The Balaban J connectivity index is 1.54. The summed E-state index contributed by atoms with van der Waals surface area (Å²) >= 11 is 0. The predicted octanol–water partition coefficient (Wildman–Crippen LogP) is 1.39. The zero-order valence-electron chi connectivity index (χ0n) is 15.6. The lowest BCUT2D eigenvalue weighted by atomic mass is 9.98. The van der Waals surface area contributed by atoms with E-state index in [0.29, 0.717) is 37.8 Å². The van der Waals surface area contributed by atoms with E-state index in [1.54, 1.807) is 11.8 Å². The van der Waals surface area contributed by atoms with Gasteiger partial charge in [0.2, 0.25) is 5.89 Å². The molecule has 9 heteroatoms. The molecule has 9 nitrogen and oxygen atoms in total. The number of hydrogen-bond acceptors (Lipinski definition) is 6. The van der Waals surface area contributed by atoms with Crippen molar-refractivity contribution >= 4 is 6.03 Å². The number of likely N-dealkylation sites (tertiary alicyclic amines) is 1. The normalized spacial score (nSPS) is 17.5. The largest absolute Gasteiger partial charge is 0.384 e. The number of hydrogen-bond donors (Lipinski definition) is 1. The lowest BCUT2D eigenvalue weighted by Gasteiger charge is -2.31. The molecule has 3 rings (SSSR count). The first-order valence-electron chi connectivity index (χ1n) is 8.90. The third kappa shape index (κ3) is 4.40. The van der Waals surface area contributed by atoms with Gasteiger partial charge in [-0.05, 0) is 19.8 Å². The maximum Gasteiger partial charge on any atom is 0.317 e. The summed E-state index contributed by atoms with van der Waals surface area (Å²) in [6, 6.07) is -0.0722. The Morgan fingerprint density at radius 1 is 1.50 bits per heavy atom. The second-order valence-corrected chi connectivity index (χ2v) is 6.65. The summed E-state index contributed by atoms with van der Waals surface area (Å²) in [6.07, 6.45) is 4.41. The number of urea groups is 1. The first-order chi connectivity index (χ1) is 12.6. The van der Waals surface area contributed by atoms with Gasteiger partial charge in [-0.15, -0.1) is 0 Å². The van der Waals surface area contributed by atoms with Crippen LogP contribution in [0.25, 0.3) is 0 Å². The van der Waals surface area contributed by atoms with Gasteiger partial charge in [0.1, 0.15) is 0 Å².